The third-order valence-electron chi connectivity index (χ3n) is 13.0. The number of pyridine rings is 1. The number of amides is 3. The number of fused-ring (bicyclic) bond motifs is 2. The minimum absolute atomic E-state index is 0.178. The van der Waals surface area contributed by atoms with Gasteiger partial charge in [0, 0.05) is 68.6 Å². The number of imide groups is 1. The molecule has 4 fully saturated rings. The summed E-state index contributed by atoms with van der Waals surface area (Å²) in [6, 6.07) is 18.6. The second-order valence-corrected chi connectivity index (χ2v) is 17.7. The van der Waals surface area contributed by atoms with Crippen molar-refractivity contribution in [1.29, 1.82) is 0 Å². The van der Waals surface area contributed by atoms with E-state index in [1.165, 1.54) is 30.4 Å². The number of aromatic nitrogens is 4. The van der Waals surface area contributed by atoms with Crippen LogP contribution in [0.15, 0.2) is 67.0 Å². The molecule has 3 saturated heterocycles. The molecule has 3 amide bonds. The van der Waals surface area contributed by atoms with Crippen LogP contribution in [0.1, 0.15) is 96.4 Å². The predicted molar refractivity (Wildman–Crippen MR) is 236 cm³/mol. The summed E-state index contributed by atoms with van der Waals surface area (Å²) in [5, 5.41) is 13.8. The number of carbonyl (C=O) groups excluding carboxylic acids is 3. The zero-order chi connectivity index (χ0) is 42.1. The second kappa shape index (κ2) is 17.5. The second-order valence-electron chi connectivity index (χ2n) is 17.3. The lowest BCUT2D eigenvalue weighted by atomic mass is 9.73. The Morgan fingerprint density at radius 3 is 2.46 bits per heavy atom. The number of carbonyl (C=O) groups is 3. The average Bonchev–Trinajstić information content (AvgIpc) is 4.01. The minimum Gasteiger partial charge on any atom is -0.385 e. The first-order valence-corrected chi connectivity index (χ1v) is 22.2. The molecule has 13 nitrogen and oxygen atoms in total. The number of benzene rings is 2. The first kappa shape index (κ1) is 41.0. The van der Waals surface area contributed by atoms with Gasteiger partial charge in [0.05, 0.1) is 36.2 Å². The van der Waals surface area contributed by atoms with Gasteiger partial charge < -0.3 is 20.3 Å². The van der Waals surface area contributed by atoms with Crippen LogP contribution in [0.25, 0.3) is 16.9 Å². The van der Waals surface area contributed by atoms with Crippen molar-refractivity contribution < 1.29 is 19.1 Å². The number of hydrogen-bond donors (Lipinski definition) is 3. The van der Waals surface area contributed by atoms with Crippen molar-refractivity contribution in [2.45, 2.75) is 89.2 Å². The maximum Gasteiger partial charge on any atom is 0.271 e. The summed E-state index contributed by atoms with van der Waals surface area (Å²) < 4.78 is 8.18. The molecule has 61 heavy (non-hydrogen) atoms. The minimum atomic E-state index is -0.387. The topological polar surface area (TPSA) is 146 Å². The molecule has 2 atom stereocenters. The predicted octanol–water partition coefficient (Wildman–Crippen LogP) is 7.23. The Bertz CT molecular complexity index is 2430. The van der Waals surface area contributed by atoms with Crippen LogP contribution in [-0.2, 0) is 33.7 Å². The monoisotopic (exact) mass is 843 g/mol. The molecule has 1 aliphatic carbocycles. The third-order valence-corrected chi connectivity index (χ3v) is 13.4. The summed E-state index contributed by atoms with van der Waals surface area (Å²) >= 11 is 6.53. The molecule has 10 rings (SSSR count). The number of ether oxygens (including phenoxy) is 1. The van der Waals surface area contributed by atoms with E-state index < -0.39 is 0 Å². The number of anilines is 3. The quantitative estimate of drug-likeness (QED) is 0.130. The molecule has 2 aromatic carbocycles. The van der Waals surface area contributed by atoms with E-state index in [-0.39, 0.29) is 35.2 Å². The Hall–Kier alpha value is -5.37. The molecule has 318 valence electrons. The molecule has 0 radical (unpaired) electrons. The van der Waals surface area contributed by atoms with E-state index in [9.17, 15) is 14.4 Å². The van der Waals surface area contributed by atoms with Crippen LogP contribution in [0.2, 0.25) is 5.02 Å². The summed E-state index contributed by atoms with van der Waals surface area (Å²) in [4.78, 5) is 50.9. The summed E-state index contributed by atoms with van der Waals surface area (Å²) in [5.41, 5.74) is 9.48. The lowest BCUT2D eigenvalue weighted by Gasteiger charge is -2.45. The number of likely N-dealkylation sites (tertiary alicyclic amines) is 1. The molecule has 1 saturated carbocycles. The van der Waals surface area contributed by atoms with Crippen molar-refractivity contribution >= 4 is 52.2 Å². The maximum absolute atomic E-state index is 12.6. The molecule has 4 aliphatic heterocycles. The van der Waals surface area contributed by atoms with Crippen LogP contribution >= 0.6 is 11.6 Å². The highest BCUT2D eigenvalue weighted by Crippen LogP contribution is 2.43. The van der Waals surface area contributed by atoms with Crippen molar-refractivity contribution in [3.63, 3.8) is 0 Å². The van der Waals surface area contributed by atoms with Crippen LogP contribution < -0.4 is 20.9 Å². The molecule has 14 heteroatoms. The van der Waals surface area contributed by atoms with Gasteiger partial charge in [0.1, 0.15) is 0 Å². The van der Waals surface area contributed by atoms with E-state index in [1.54, 1.807) is 17.8 Å². The summed E-state index contributed by atoms with van der Waals surface area (Å²) in [6.07, 6.45) is 15.1. The van der Waals surface area contributed by atoms with E-state index in [1.807, 2.05) is 31.4 Å². The fraction of sp³-hybridized carbons (Fsp3) is 0.447. The van der Waals surface area contributed by atoms with Gasteiger partial charge in [-0.25, -0.2) is 9.50 Å². The maximum atomic E-state index is 12.6. The fourth-order valence-corrected chi connectivity index (χ4v) is 9.55. The van der Waals surface area contributed by atoms with E-state index in [0.29, 0.717) is 29.2 Å². The van der Waals surface area contributed by atoms with Gasteiger partial charge in [-0.3, -0.25) is 29.6 Å². The normalized spacial score (nSPS) is 20.8. The third kappa shape index (κ3) is 8.73. The molecular weight excluding hydrogens is 790 g/mol. The van der Waals surface area contributed by atoms with Crippen molar-refractivity contribution in [2.24, 2.45) is 5.41 Å². The van der Waals surface area contributed by atoms with Gasteiger partial charge in [-0.2, -0.15) is 0 Å². The van der Waals surface area contributed by atoms with E-state index >= 15 is 0 Å². The van der Waals surface area contributed by atoms with Crippen LogP contribution in [0.3, 0.4) is 0 Å². The van der Waals surface area contributed by atoms with Crippen LogP contribution in [-0.4, -0.2) is 88.6 Å². The molecule has 3 N–H and O–H groups in total. The average molecular weight is 844 g/mol. The van der Waals surface area contributed by atoms with Crippen LogP contribution in [0, 0.1) is 5.41 Å². The smallest absolute Gasteiger partial charge is 0.271 e. The fourth-order valence-electron chi connectivity index (χ4n) is 9.30. The van der Waals surface area contributed by atoms with Crippen molar-refractivity contribution in [2.75, 3.05) is 50.6 Å². The van der Waals surface area contributed by atoms with E-state index in [4.69, 9.17) is 26.4 Å². The highest BCUT2D eigenvalue weighted by molar-refractivity contribution is 6.31. The number of imidazole rings is 1. The van der Waals surface area contributed by atoms with Gasteiger partial charge in [-0.15, -0.1) is 5.10 Å². The molecule has 0 bridgehead atoms. The molecule has 7 heterocycles. The Morgan fingerprint density at radius 2 is 1.75 bits per heavy atom. The van der Waals surface area contributed by atoms with Gasteiger partial charge in [-0.1, -0.05) is 61.2 Å². The largest absolute Gasteiger partial charge is 0.385 e. The van der Waals surface area contributed by atoms with E-state index in [0.717, 1.165) is 111 Å². The van der Waals surface area contributed by atoms with Crippen LogP contribution in [0.4, 0.5) is 17.2 Å². The highest BCUT2D eigenvalue weighted by atomic mass is 35.5. The Balaban J connectivity index is 0.00000152. The number of nitrogens with zero attached hydrogens (tertiary/aromatic N) is 6. The number of rotatable bonds is 9. The summed E-state index contributed by atoms with van der Waals surface area (Å²) in [5.74, 6) is -0.372. The molecular formula is C47H54ClN9O4. The van der Waals surface area contributed by atoms with Gasteiger partial charge >= 0.3 is 0 Å². The Morgan fingerprint density at radius 1 is 0.934 bits per heavy atom. The van der Waals surface area contributed by atoms with E-state index in [2.05, 4.69) is 67.1 Å². The first-order valence-electron chi connectivity index (χ1n) is 21.8. The molecule has 1 spiro atoms. The molecule has 5 aromatic rings. The zero-order valence-corrected chi connectivity index (χ0v) is 35.8. The zero-order valence-electron chi connectivity index (χ0n) is 35.0. The summed E-state index contributed by atoms with van der Waals surface area (Å²) in [7, 11) is 3.44. The summed E-state index contributed by atoms with van der Waals surface area (Å²) in [6.45, 7) is 4.36. The lowest BCUT2D eigenvalue weighted by Crippen LogP contribution is -2.45. The van der Waals surface area contributed by atoms with Crippen molar-refractivity contribution in [1.82, 2.24) is 35.1 Å². The van der Waals surface area contributed by atoms with Crippen molar-refractivity contribution in [3.8, 4) is 11.3 Å². The van der Waals surface area contributed by atoms with Gasteiger partial charge in [0.2, 0.25) is 11.8 Å². The Kier molecular flexibility index (Phi) is 11.8. The Labute approximate surface area is 361 Å². The number of hydrogen-bond acceptors (Lipinski definition) is 10. The highest BCUT2D eigenvalue weighted by Gasteiger charge is 2.39. The molecule has 5 aliphatic rings. The first-order chi connectivity index (χ1) is 29.7. The molecule has 2 unspecified atom stereocenters. The number of halogens is 1. The standard InChI is InChI=1S/C44H48ClN9O4.C3H6/c1-46-36-22-39(51-54-38(43(57)47-2)24-49-41(36)54)53-17-13-31-30(4-3-5-37(31)53)35-10-7-27(23-48-35)20-29-12-14-44(26-58-29)15-18-52(19-16-44)25-28-6-9-34(45)33(21-28)32-8-11-40(55)50-42(32)56;1-2-3-1/h3-7,9-10,21-24,29,32,46H,8,11-20,25-26H2,1-2H3,(H,47,57)(H,50,55,56);1-3H2. The SMILES string of the molecule is C1CC1.CNC(=O)c1cnc2c(NC)cc(N3CCc4c(-c5ccc(CC6CCC7(CCN(Cc8ccc(Cl)c(C9CCC(=O)NC9=O)c8)CC7)CO6)cn5)cccc43)nn12. The number of nitrogens with one attached hydrogen (secondary N) is 3. The van der Waals surface area contributed by atoms with Crippen LogP contribution in [0.5, 0.6) is 0 Å². The van der Waals surface area contributed by atoms with Gasteiger partial charge in [0.25, 0.3) is 5.91 Å². The molecule has 3 aromatic heterocycles. The lowest BCUT2D eigenvalue weighted by molar-refractivity contribution is -0.134. The van der Waals surface area contributed by atoms with Gasteiger partial charge in [0.15, 0.2) is 17.2 Å². The van der Waals surface area contributed by atoms with Gasteiger partial charge in [-0.05, 0) is 97.5 Å². The number of piperidine rings is 2. The van der Waals surface area contributed by atoms with Crippen molar-refractivity contribution in [3.05, 3.63) is 100.0 Å².